The summed E-state index contributed by atoms with van der Waals surface area (Å²) in [7, 11) is 0. The van der Waals surface area contributed by atoms with Crippen LogP contribution in [0.1, 0.15) is 90.9 Å². The smallest absolute Gasteiger partial charge is 0.160 e. The average Bonchev–Trinajstić information content (AvgIpc) is 2.75. The van der Waals surface area contributed by atoms with Crippen molar-refractivity contribution in [3.63, 3.8) is 0 Å². The maximum absolute atomic E-state index is 6.13. The fourth-order valence-electron chi connectivity index (χ4n) is 5.13. The van der Waals surface area contributed by atoms with Gasteiger partial charge in [0.05, 0.1) is 26.4 Å². The molecule has 2 aliphatic heterocycles. The van der Waals surface area contributed by atoms with Gasteiger partial charge >= 0.3 is 0 Å². The summed E-state index contributed by atoms with van der Waals surface area (Å²) in [5.41, 5.74) is 0. The standard InChI is InChI=1S/C24H44O4/c1-3-5-6-8-20-15-25-23(26-16-20)14-11-21-17-27-24(28-18-21)22-12-9-19(7-4-2)10-13-22/h19-24H,3-18H2,1-2H3/t19?,20-,21-,22?,23-,24-. The van der Waals surface area contributed by atoms with Gasteiger partial charge in [-0.1, -0.05) is 46.0 Å². The zero-order valence-electron chi connectivity index (χ0n) is 18.4. The summed E-state index contributed by atoms with van der Waals surface area (Å²) < 4.78 is 24.2. The molecule has 0 spiro atoms. The van der Waals surface area contributed by atoms with Crippen LogP contribution < -0.4 is 0 Å². The fraction of sp³-hybridized carbons (Fsp3) is 1.00. The Morgan fingerprint density at radius 1 is 0.571 bits per heavy atom. The highest BCUT2D eigenvalue weighted by Gasteiger charge is 2.32. The van der Waals surface area contributed by atoms with Crippen molar-refractivity contribution >= 4 is 0 Å². The van der Waals surface area contributed by atoms with Crippen LogP contribution in [0.5, 0.6) is 0 Å². The van der Waals surface area contributed by atoms with Crippen LogP contribution in [-0.2, 0) is 18.9 Å². The van der Waals surface area contributed by atoms with E-state index in [-0.39, 0.29) is 12.6 Å². The molecule has 0 N–H and O–H groups in total. The summed E-state index contributed by atoms with van der Waals surface area (Å²) in [4.78, 5) is 0. The van der Waals surface area contributed by atoms with E-state index in [4.69, 9.17) is 18.9 Å². The molecule has 0 atom stereocenters. The summed E-state index contributed by atoms with van der Waals surface area (Å²) in [6.07, 6.45) is 15.2. The highest BCUT2D eigenvalue weighted by Crippen LogP contribution is 2.36. The van der Waals surface area contributed by atoms with E-state index in [1.807, 2.05) is 0 Å². The third-order valence-electron chi connectivity index (χ3n) is 7.03. The zero-order chi connectivity index (χ0) is 19.6. The van der Waals surface area contributed by atoms with E-state index < -0.39 is 0 Å². The molecule has 1 aliphatic carbocycles. The average molecular weight is 397 g/mol. The lowest BCUT2D eigenvalue weighted by molar-refractivity contribution is -0.236. The van der Waals surface area contributed by atoms with Crippen molar-refractivity contribution < 1.29 is 18.9 Å². The first-order valence-corrected chi connectivity index (χ1v) is 12.2. The van der Waals surface area contributed by atoms with Crippen molar-refractivity contribution in [3.05, 3.63) is 0 Å². The van der Waals surface area contributed by atoms with E-state index in [0.29, 0.717) is 17.8 Å². The Hall–Kier alpha value is -0.160. The highest BCUT2D eigenvalue weighted by atomic mass is 16.7. The molecular weight excluding hydrogens is 352 g/mol. The summed E-state index contributed by atoms with van der Waals surface area (Å²) in [5, 5.41) is 0. The predicted molar refractivity (Wildman–Crippen MR) is 112 cm³/mol. The second kappa shape index (κ2) is 12.5. The molecule has 164 valence electrons. The minimum atomic E-state index is -0.0195. The monoisotopic (exact) mass is 396 g/mol. The maximum Gasteiger partial charge on any atom is 0.160 e. The zero-order valence-corrected chi connectivity index (χ0v) is 18.4. The third-order valence-corrected chi connectivity index (χ3v) is 7.03. The van der Waals surface area contributed by atoms with Gasteiger partial charge in [-0.15, -0.1) is 0 Å². The van der Waals surface area contributed by atoms with Gasteiger partial charge in [-0.3, -0.25) is 0 Å². The van der Waals surface area contributed by atoms with Gasteiger partial charge in [0.2, 0.25) is 0 Å². The van der Waals surface area contributed by atoms with Crippen LogP contribution >= 0.6 is 0 Å². The second-order valence-corrected chi connectivity index (χ2v) is 9.51. The summed E-state index contributed by atoms with van der Waals surface area (Å²) in [5.74, 6) is 2.64. The number of rotatable bonds is 10. The highest BCUT2D eigenvalue weighted by molar-refractivity contribution is 4.77. The van der Waals surface area contributed by atoms with Crippen LogP contribution in [0.2, 0.25) is 0 Å². The Kier molecular flexibility index (Phi) is 10.1. The molecule has 3 aliphatic rings. The lowest BCUT2D eigenvalue weighted by Gasteiger charge is -2.38. The van der Waals surface area contributed by atoms with E-state index in [0.717, 1.165) is 45.2 Å². The molecule has 4 nitrogen and oxygen atoms in total. The van der Waals surface area contributed by atoms with Gasteiger partial charge < -0.3 is 18.9 Å². The number of hydrogen-bond donors (Lipinski definition) is 0. The van der Waals surface area contributed by atoms with Crippen molar-refractivity contribution in [2.24, 2.45) is 23.7 Å². The van der Waals surface area contributed by atoms with Crippen molar-refractivity contribution in [3.8, 4) is 0 Å². The number of hydrogen-bond acceptors (Lipinski definition) is 4. The second-order valence-electron chi connectivity index (χ2n) is 9.51. The molecule has 3 rings (SSSR count). The predicted octanol–water partition coefficient (Wildman–Crippen LogP) is 5.93. The molecule has 2 saturated heterocycles. The van der Waals surface area contributed by atoms with Crippen molar-refractivity contribution in [2.45, 2.75) is 103 Å². The summed E-state index contributed by atoms with van der Waals surface area (Å²) in [6.45, 7) is 7.97. The first kappa shape index (κ1) is 22.5. The Morgan fingerprint density at radius 2 is 1.21 bits per heavy atom. The molecule has 0 aromatic carbocycles. The van der Waals surface area contributed by atoms with Crippen LogP contribution in [0.3, 0.4) is 0 Å². The first-order valence-electron chi connectivity index (χ1n) is 12.2. The molecule has 0 aromatic rings. The Balaban J connectivity index is 1.24. The molecular formula is C24H44O4. The van der Waals surface area contributed by atoms with E-state index in [9.17, 15) is 0 Å². The third kappa shape index (κ3) is 7.27. The van der Waals surface area contributed by atoms with Crippen LogP contribution in [-0.4, -0.2) is 39.0 Å². The number of unbranched alkanes of at least 4 members (excludes halogenated alkanes) is 2. The molecule has 3 fully saturated rings. The molecule has 28 heavy (non-hydrogen) atoms. The van der Waals surface area contributed by atoms with Gasteiger partial charge in [-0.25, -0.2) is 0 Å². The van der Waals surface area contributed by atoms with E-state index in [2.05, 4.69) is 13.8 Å². The maximum atomic E-state index is 6.13. The van der Waals surface area contributed by atoms with Crippen LogP contribution in [0, 0.1) is 23.7 Å². The molecule has 0 radical (unpaired) electrons. The molecule has 2 heterocycles. The normalized spacial score (nSPS) is 37.1. The van der Waals surface area contributed by atoms with E-state index >= 15 is 0 Å². The lowest BCUT2D eigenvalue weighted by atomic mass is 9.79. The van der Waals surface area contributed by atoms with Crippen molar-refractivity contribution in [1.29, 1.82) is 0 Å². The van der Waals surface area contributed by atoms with Crippen LogP contribution in [0.4, 0.5) is 0 Å². The summed E-state index contributed by atoms with van der Waals surface area (Å²) in [6, 6.07) is 0. The Labute approximate surface area is 173 Å². The van der Waals surface area contributed by atoms with Gasteiger partial charge in [0.15, 0.2) is 12.6 Å². The van der Waals surface area contributed by atoms with Gasteiger partial charge in [-0.2, -0.15) is 0 Å². The van der Waals surface area contributed by atoms with Gasteiger partial charge in [0, 0.05) is 17.8 Å². The van der Waals surface area contributed by atoms with Crippen molar-refractivity contribution in [1.82, 2.24) is 0 Å². The van der Waals surface area contributed by atoms with E-state index in [1.165, 1.54) is 64.2 Å². The van der Waals surface area contributed by atoms with Gasteiger partial charge in [0.1, 0.15) is 0 Å². The quantitative estimate of drug-likeness (QED) is 0.429. The molecule has 1 saturated carbocycles. The topological polar surface area (TPSA) is 36.9 Å². The Bertz CT molecular complexity index is 391. The molecule has 4 heteroatoms. The SMILES string of the molecule is CCCCC[C@H]1CO[C@H](CC[C@H]2CO[C@H](C3CCC(CCC)CC3)OC2)OC1. The van der Waals surface area contributed by atoms with Crippen LogP contribution in [0.25, 0.3) is 0 Å². The van der Waals surface area contributed by atoms with E-state index in [1.54, 1.807) is 0 Å². The first-order chi connectivity index (χ1) is 13.8. The number of ether oxygens (including phenoxy) is 4. The Morgan fingerprint density at radius 3 is 1.86 bits per heavy atom. The molecule has 0 unspecified atom stereocenters. The molecule has 0 bridgehead atoms. The van der Waals surface area contributed by atoms with Gasteiger partial charge in [0.25, 0.3) is 0 Å². The van der Waals surface area contributed by atoms with Gasteiger partial charge in [-0.05, 0) is 50.9 Å². The minimum absolute atomic E-state index is 0.0195. The van der Waals surface area contributed by atoms with Crippen LogP contribution in [0.15, 0.2) is 0 Å². The van der Waals surface area contributed by atoms with Crippen molar-refractivity contribution in [2.75, 3.05) is 26.4 Å². The largest absolute Gasteiger partial charge is 0.352 e. The summed E-state index contributed by atoms with van der Waals surface area (Å²) >= 11 is 0. The lowest BCUT2D eigenvalue weighted by Crippen LogP contribution is -2.39. The molecule has 0 amide bonds. The fourth-order valence-corrected chi connectivity index (χ4v) is 5.13. The minimum Gasteiger partial charge on any atom is -0.352 e. The molecule has 0 aromatic heterocycles.